The third kappa shape index (κ3) is 2.52. The Labute approximate surface area is 114 Å². The molecule has 0 amide bonds. The van der Waals surface area contributed by atoms with E-state index >= 15 is 0 Å². The number of methoxy groups -OCH3 is 2. The lowest BCUT2D eigenvalue weighted by Gasteiger charge is -2.40. The highest BCUT2D eigenvalue weighted by Gasteiger charge is 2.39. The zero-order valence-corrected chi connectivity index (χ0v) is 12.2. The minimum absolute atomic E-state index is 0.113. The molecule has 0 unspecified atom stereocenters. The van der Waals surface area contributed by atoms with Gasteiger partial charge in [-0.15, -0.1) is 0 Å². The second-order valence-electron chi connectivity index (χ2n) is 5.43. The number of aryl methyl sites for hydroxylation is 1. The van der Waals surface area contributed by atoms with E-state index in [4.69, 9.17) is 9.47 Å². The quantitative estimate of drug-likeness (QED) is 0.762. The predicted octanol–water partition coefficient (Wildman–Crippen LogP) is 3.45. The summed E-state index contributed by atoms with van der Waals surface area (Å²) in [5, 5.41) is 0. The second-order valence-corrected chi connectivity index (χ2v) is 5.43. The fraction of sp³-hybridized carbons (Fsp3) is 0.562. The summed E-state index contributed by atoms with van der Waals surface area (Å²) in [4.78, 5) is 12.5. The number of Topliss-reactive ketones (excluding diaryl/α,β-unsaturated/α-hetero) is 1. The fourth-order valence-electron chi connectivity index (χ4n) is 2.68. The molecule has 3 nitrogen and oxygen atoms in total. The van der Waals surface area contributed by atoms with Crippen molar-refractivity contribution in [1.82, 2.24) is 0 Å². The van der Waals surface area contributed by atoms with Crippen molar-refractivity contribution in [3.8, 4) is 5.75 Å². The molecule has 0 N–H and O–H groups in total. The average molecular weight is 262 g/mol. The smallest absolute Gasteiger partial charge is 0.169 e. The molecule has 1 saturated carbocycles. The molecule has 0 atom stereocenters. The van der Waals surface area contributed by atoms with Gasteiger partial charge in [0.25, 0.3) is 0 Å². The number of rotatable bonds is 5. The number of ketones is 1. The van der Waals surface area contributed by atoms with Crippen LogP contribution in [0.2, 0.25) is 0 Å². The van der Waals surface area contributed by atoms with Crippen LogP contribution in [0.4, 0.5) is 0 Å². The zero-order valence-electron chi connectivity index (χ0n) is 12.2. The third-order valence-corrected chi connectivity index (χ3v) is 4.36. The van der Waals surface area contributed by atoms with Crippen molar-refractivity contribution in [3.63, 3.8) is 0 Å². The number of carbonyl (C=O) groups excluding carboxylic acids is 1. The van der Waals surface area contributed by atoms with Gasteiger partial charge in [0.1, 0.15) is 5.75 Å². The highest BCUT2D eigenvalue weighted by Crippen LogP contribution is 2.40. The first-order valence-corrected chi connectivity index (χ1v) is 6.75. The Balaban J connectivity index is 2.26. The normalized spacial score (nSPS) is 16.8. The van der Waals surface area contributed by atoms with Gasteiger partial charge in [0.15, 0.2) is 5.78 Å². The third-order valence-electron chi connectivity index (χ3n) is 4.36. The van der Waals surface area contributed by atoms with Gasteiger partial charge in [-0.2, -0.15) is 0 Å². The predicted molar refractivity (Wildman–Crippen MR) is 75.0 cm³/mol. The van der Waals surface area contributed by atoms with E-state index < -0.39 is 0 Å². The summed E-state index contributed by atoms with van der Waals surface area (Å²) in [6.45, 7) is 4.01. The average Bonchev–Trinajstić information content (AvgIpc) is 2.36. The van der Waals surface area contributed by atoms with Gasteiger partial charge >= 0.3 is 0 Å². The van der Waals surface area contributed by atoms with E-state index in [9.17, 15) is 4.79 Å². The van der Waals surface area contributed by atoms with E-state index in [-0.39, 0.29) is 11.4 Å². The van der Waals surface area contributed by atoms with Gasteiger partial charge < -0.3 is 9.47 Å². The Bertz CT molecular complexity index is 482. The van der Waals surface area contributed by atoms with E-state index in [0.29, 0.717) is 17.7 Å². The van der Waals surface area contributed by atoms with Crippen LogP contribution in [0, 0.1) is 13.8 Å². The summed E-state index contributed by atoms with van der Waals surface area (Å²) < 4.78 is 10.9. The molecule has 0 saturated heterocycles. The van der Waals surface area contributed by atoms with Crippen LogP contribution < -0.4 is 4.74 Å². The first kappa shape index (κ1) is 14.1. The SMILES string of the molecule is COc1c(C(=O)CC2(OC)CCC2)ccc(C)c1C. The van der Waals surface area contributed by atoms with Gasteiger partial charge in [-0.05, 0) is 50.3 Å². The highest BCUT2D eigenvalue weighted by atomic mass is 16.5. The van der Waals surface area contributed by atoms with Gasteiger partial charge in [0.2, 0.25) is 0 Å². The van der Waals surface area contributed by atoms with E-state index in [0.717, 1.165) is 30.4 Å². The lowest BCUT2D eigenvalue weighted by Crippen LogP contribution is -2.41. The van der Waals surface area contributed by atoms with Crippen molar-refractivity contribution >= 4 is 5.78 Å². The molecule has 0 spiro atoms. The molecule has 0 heterocycles. The monoisotopic (exact) mass is 262 g/mol. The van der Waals surface area contributed by atoms with Gasteiger partial charge in [-0.3, -0.25) is 4.79 Å². The lowest BCUT2D eigenvalue weighted by molar-refractivity contribution is -0.0705. The van der Waals surface area contributed by atoms with Crippen molar-refractivity contribution in [3.05, 3.63) is 28.8 Å². The summed E-state index contributed by atoms with van der Waals surface area (Å²) >= 11 is 0. The van der Waals surface area contributed by atoms with E-state index in [1.165, 1.54) is 0 Å². The van der Waals surface area contributed by atoms with Gasteiger partial charge in [-0.1, -0.05) is 6.07 Å². The largest absolute Gasteiger partial charge is 0.496 e. The summed E-state index contributed by atoms with van der Waals surface area (Å²) in [6, 6.07) is 3.84. The van der Waals surface area contributed by atoms with Crippen LogP contribution in [0.5, 0.6) is 5.75 Å². The molecule has 0 aliphatic heterocycles. The molecule has 104 valence electrons. The fourth-order valence-corrected chi connectivity index (χ4v) is 2.68. The van der Waals surface area contributed by atoms with Crippen LogP contribution in [-0.2, 0) is 4.74 Å². The van der Waals surface area contributed by atoms with Gasteiger partial charge in [0, 0.05) is 13.5 Å². The van der Waals surface area contributed by atoms with Crippen LogP contribution >= 0.6 is 0 Å². The van der Waals surface area contributed by atoms with Gasteiger partial charge in [-0.25, -0.2) is 0 Å². The Hall–Kier alpha value is -1.35. The molecule has 3 heteroatoms. The molecule has 0 radical (unpaired) electrons. The molecule has 1 aliphatic carbocycles. The molecular formula is C16H22O3. The summed E-state index contributed by atoms with van der Waals surface area (Å²) in [5.74, 6) is 0.817. The van der Waals surface area contributed by atoms with E-state index in [1.54, 1.807) is 14.2 Å². The Morgan fingerprint density at radius 1 is 1.26 bits per heavy atom. The van der Waals surface area contributed by atoms with Crippen LogP contribution in [0.1, 0.15) is 47.2 Å². The molecule has 19 heavy (non-hydrogen) atoms. The first-order valence-electron chi connectivity index (χ1n) is 6.75. The van der Waals surface area contributed by atoms with Crippen molar-refractivity contribution in [1.29, 1.82) is 0 Å². The molecular weight excluding hydrogens is 240 g/mol. The van der Waals surface area contributed by atoms with Crippen molar-refractivity contribution in [2.24, 2.45) is 0 Å². The number of benzene rings is 1. The summed E-state index contributed by atoms with van der Waals surface area (Å²) in [6.07, 6.45) is 3.54. The maximum atomic E-state index is 12.5. The van der Waals surface area contributed by atoms with E-state index in [1.807, 2.05) is 26.0 Å². The first-order chi connectivity index (χ1) is 9.03. The summed E-state index contributed by atoms with van der Waals surface area (Å²) in [5.41, 5.74) is 2.61. The van der Waals surface area contributed by atoms with Crippen LogP contribution in [0.25, 0.3) is 0 Å². The van der Waals surface area contributed by atoms with E-state index in [2.05, 4.69) is 0 Å². The zero-order chi connectivity index (χ0) is 14.0. The minimum atomic E-state index is -0.235. The lowest BCUT2D eigenvalue weighted by atomic mass is 9.75. The molecule has 0 aromatic heterocycles. The minimum Gasteiger partial charge on any atom is -0.496 e. The number of carbonyl (C=O) groups is 1. The van der Waals surface area contributed by atoms with Crippen LogP contribution in [0.15, 0.2) is 12.1 Å². The maximum Gasteiger partial charge on any atom is 0.169 e. The van der Waals surface area contributed by atoms with Crippen molar-refractivity contribution < 1.29 is 14.3 Å². The number of hydrogen-bond donors (Lipinski definition) is 0. The molecule has 1 fully saturated rings. The van der Waals surface area contributed by atoms with Crippen molar-refractivity contribution in [2.75, 3.05) is 14.2 Å². The summed E-state index contributed by atoms with van der Waals surface area (Å²) in [7, 11) is 3.32. The maximum absolute atomic E-state index is 12.5. The molecule has 1 aromatic carbocycles. The van der Waals surface area contributed by atoms with Crippen LogP contribution in [0.3, 0.4) is 0 Å². The number of ether oxygens (including phenoxy) is 2. The Morgan fingerprint density at radius 3 is 2.42 bits per heavy atom. The molecule has 1 aromatic rings. The molecule has 2 rings (SSSR count). The Morgan fingerprint density at radius 2 is 1.95 bits per heavy atom. The highest BCUT2D eigenvalue weighted by molar-refractivity contribution is 5.99. The standard InChI is InChI=1S/C16H22O3/c1-11-6-7-13(15(18-3)12(11)2)14(17)10-16(19-4)8-5-9-16/h6-7H,5,8-10H2,1-4H3. The Kier molecular flexibility index (Phi) is 3.95. The second kappa shape index (κ2) is 5.33. The van der Waals surface area contributed by atoms with Crippen LogP contribution in [-0.4, -0.2) is 25.6 Å². The van der Waals surface area contributed by atoms with Gasteiger partial charge in [0.05, 0.1) is 18.3 Å². The molecule has 0 bridgehead atoms. The topological polar surface area (TPSA) is 35.5 Å². The van der Waals surface area contributed by atoms with Crippen molar-refractivity contribution in [2.45, 2.75) is 45.1 Å². The number of hydrogen-bond acceptors (Lipinski definition) is 3. The molecule has 1 aliphatic rings.